The third-order valence-corrected chi connectivity index (χ3v) is 2.47. The van der Waals surface area contributed by atoms with Crippen molar-refractivity contribution in [2.45, 2.75) is 25.8 Å². The minimum Gasteiger partial charge on any atom is -0.457 e. The Morgan fingerprint density at radius 1 is 1.39 bits per heavy atom. The summed E-state index contributed by atoms with van der Waals surface area (Å²) in [4.78, 5) is 10.6. The number of rotatable bonds is 7. The Morgan fingerprint density at radius 3 is 2.78 bits per heavy atom. The normalized spacial score (nSPS) is 11.9. The third-order valence-electron chi connectivity index (χ3n) is 2.11. The van der Waals surface area contributed by atoms with Gasteiger partial charge in [-0.05, 0) is 12.5 Å². The van der Waals surface area contributed by atoms with Gasteiger partial charge in [0.1, 0.15) is 5.75 Å². The highest BCUT2D eigenvalue weighted by atomic mass is 35.5. The number of hydrogen-bond acceptors (Lipinski definition) is 4. The standard InChI is InChI=1S/C13H17ClO4/c1-3-8-16-13(14)11-6-4-5-7-12(11)18-9-17-10(2)15/h4-7,13H,3,8-9H2,1-2H3. The lowest BCUT2D eigenvalue weighted by atomic mass is 10.2. The monoisotopic (exact) mass is 272 g/mol. The minimum absolute atomic E-state index is 0.135. The molecule has 0 aliphatic heterocycles. The number of hydrogen-bond donors (Lipinski definition) is 0. The molecule has 0 spiro atoms. The molecule has 1 unspecified atom stereocenters. The molecular weight excluding hydrogens is 256 g/mol. The van der Waals surface area contributed by atoms with Gasteiger partial charge in [-0.2, -0.15) is 0 Å². The molecule has 0 radical (unpaired) electrons. The topological polar surface area (TPSA) is 44.8 Å². The van der Waals surface area contributed by atoms with Crippen LogP contribution in [0.25, 0.3) is 0 Å². The van der Waals surface area contributed by atoms with Gasteiger partial charge in [-0.1, -0.05) is 36.7 Å². The van der Waals surface area contributed by atoms with Gasteiger partial charge in [-0.15, -0.1) is 0 Å². The van der Waals surface area contributed by atoms with Crippen LogP contribution in [0.1, 0.15) is 31.4 Å². The summed E-state index contributed by atoms with van der Waals surface area (Å²) in [6.07, 6.45) is 0.889. The highest BCUT2D eigenvalue weighted by Crippen LogP contribution is 2.30. The number of halogens is 1. The van der Waals surface area contributed by atoms with Crippen molar-refractivity contribution in [2.24, 2.45) is 0 Å². The number of ether oxygens (including phenoxy) is 3. The van der Waals surface area contributed by atoms with E-state index in [0.717, 1.165) is 12.0 Å². The van der Waals surface area contributed by atoms with E-state index in [1.807, 2.05) is 25.1 Å². The number of carbonyl (C=O) groups is 1. The SMILES string of the molecule is CCCOC(Cl)c1ccccc1OCOC(C)=O. The molecule has 0 fully saturated rings. The molecular formula is C13H17ClO4. The number of benzene rings is 1. The molecule has 0 aromatic heterocycles. The Hall–Kier alpha value is -1.26. The Morgan fingerprint density at radius 2 is 2.11 bits per heavy atom. The third kappa shape index (κ3) is 4.94. The largest absolute Gasteiger partial charge is 0.457 e. The van der Waals surface area contributed by atoms with Crippen LogP contribution in [0.4, 0.5) is 0 Å². The Balaban J connectivity index is 2.63. The zero-order valence-corrected chi connectivity index (χ0v) is 11.3. The van der Waals surface area contributed by atoms with Crippen molar-refractivity contribution < 1.29 is 19.0 Å². The van der Waals surface area contributed by atoms with E-state index >= 15 is 0 Å². The molecule has 0 amide bonds. The van der Waals surface area contributed by atoms with Crippen LogP contribution in [0.2, 0.25) is 0 Å². The summed E-state index contributed by atoms with van der Waals surface area (Å²) in [6.45, 7) is 3.77. The summed E-state index contributed by atoms with van der Waals surface area (Å²) in [5.41, 5.74) is 0.151. The summed E-state index contributed by atoms with van der Waals surface area (Å²) < 4.78 is 15.5. The predicted molar refractivity (Wildman–Crippen MR) is 68.5 cm³/mol. The fourth-order valence-corrected chi connectivity index (χ4v) is 1.56. The number of para-hydroxylation sites is 1. The molecule has 0 aliphatic rings. The Kier molecular flexibility index (Phi) is 6.54. The quantitative estimate of drug-likeness (QED) is 0.434. The van der Waals surface area contributed by atoms with Crippen LogP contribution in [0, 0.1) is 0 Å². The van der Waals surface area contributed by atoms with Crippen molar-refractivity contribution in [3.05, 3.63) is 29.8 Å². The summed E-state index contributed by atoms with van der Waals surface area (Å²) in [5, 5.41) is 0. The molecule has 0 saturated heterocycles. The highest BCUT2D eigenvalue weighted by molar-refractivity contribution is 6.20. The molecule has 4 nitrogen and oxygen atoms in total. The maximum Gasteiger partial charge on any atom is 0.305 e. The van der Waals surface area contributed by atoms with Crippen LogP contribution < -0.4 is 4.74 Å². The number of esters is 1. The molecule has 1 aromatic carbocycles. The maximum atomic E-state index is 10.6. The maximum absolute atomic E-state index is 10.6. The summed E-state index contributed by atoms with van der Waals surface area (Å²) in [5.74, 6) is 0.159. The van der Waals surface area contributed by atoms with E-state index < -0.39 is 11.5 Å². The smallest absolute Gasteiger partial charge is 0.305 e. The second kappa shape index (κ2) is 7.95. The predicted octanol–water partition coefficient (Wildman–Crippen LogP) is 3.25. The molecule has 1 rings (SSSR count). The second-order valence-electron chi connectivity index (χ2n) is 3.62. The van der Waals surface area contributed by atoms with Crippen LogP contribution in [0.3, 0.4) is 0 Å². The molecule has 5 heteroatoms. The van der Waals surface area contributed by atoms with E-state index in [1.165, 1.54) is 6.92 Å². The first-order valence-electron chi connectivity index (χ1n) is 5.76. The number of carbonyl (C=O) groups excluding carboxylic acids is 1. The zero-order valence-electron chi connectivity index (χ0n) is 10.5. The van der Waals surface area contributed by atoms with Crippen molar-refractivity contribution in [1.29, 1.82) is 0 Å². The van der Waals surface area contributed by atoms with Gasteiger partial charge < -0.3 is 14.2 Å². The fourth-order valence-electron chi connectivity index (χ4n) is 1.29. The molecule has 1 aromatic rings. The van der Waals surface area contributed by atoms with Crippen molar-refractivity contribution in [2.75, 3.05) is 13.4 Å². The van der Waals surface area contributed by atoms with Crippen LogP contribution >= 0.6 is 11.6 Å². The fraction of sp³-hybridized carbons (Fsp3) is 0.462. The first-order valence-corrected chi connectivity index (χ1v) is 6.19. The lowest BCUT2D eigenvalue weighted by Crippen LogP contribution is -2.09. The van der Waals surface area contributed by atoms with Crippen LogP contribution in [0.15, 0.2) is 24.3 Å². The Labute approximate surface area is 112 Å². The van der Waals surface area contributed by atoms with Crippen LogP contribution in [0.5, 0.6) is 5.75 Å². The Bertz CT molecular complexity index is 381. The van der Waals surface area contributed by atoms with Crippen molar-refractivity contribution in [3.8, 4) is 5.75 Å². The van der Waals surface area contributed by atoms with Crippen LogP contribution in [-0.4, -0.2) is 19.4 Å². The summed E-state index contributed by atoms with van der Waals surface area (Å²) >= 11 is 6.12. The van der Waals surface area contributed by atoms with Crippen LogP contribution in [-0.2, 0) is 14.3 Å². The average Bonchev–Trinajstić information content (AvgIpc) is 2.36. The zero-order chi connectivity index (χ0) is 13.4. The van der Waals surface area contributed by atoms with Gasteiger partial charge in [0.15, 0.2) is 5.56 Å². The van der Waals surface area contributed by atoms with Gasteiger partial charge >= 0.3 is 5.97 Å². The van der Waals surface area contributed by atoms with Gasteiger partial charge in [0.25, 0.3) is 0 Å². The van der Waals surface area contributed by atoms with E-state index in [-0.39, 0.29) is 6.79 Å². The van der Waals surface area contributed by atoms with E-state index in [9.17, 15) is 4.79 Å². The average molecular weight is 273 g/mol. The lowest BCUT2D eigenvalue weighted by Gasteiger charge is -2.15. The first-order chi connectivity index (χ1) is 8.65. The molecule has 1 atom stereocenters. The molecule has 0 bridgehead atoms. The van der Waals surface area contributed by atoms with Gasteiger partial charge in [0.2, 0.25) is 6.79 Å². The molecule has 0 heterocycles. The van der Waals surface area contributed by atoms with E-state index in [1.54, 1.807) is 6.07 Å². The van der Waals surface area contributed by atoms with Crippen molar-refractivity contribution in [1.82, 2.24) is 0 Å². The summed E-state index contributed by atoms with van der Waals surface area (Å²) in [7, 11) is 0. The van der Waals surface area contributed by atoms with Gasteiger partial charge in [-0.3, -0.25) is 4.79 Å². The first kappa shape index (κ1) is 14.8. The molecule has 0 saturated carbocycles. The molecule has 18 heavy (non-hydrogen) atoms. The van der Waals surface area contributed by atoms with Crippen molar-refractivity contribution >= 4 is 17.6 Å². The second-order valence-corrected chi connectivity index (χ2v) is 4.02. The lowest BCUT2D eigenvalue weighted by molar-refractivity contribution is -0.147. The number of alkyl halides is 1. The van der Waals surface area contributed by atoms with Gasteiger partial charge in [-0.25, -0.2) is 0 Å². The van der Waals surface area contributed by atoms with E-state index in [0.29, 0.717) is 12.4 Å². The minimum atomic E-state index is -0.571. The van der Waals surface area contributed by atoms with Crippen molar-refractivity contribution in [3.63, 3.8) is 0 Å². The van der Waals surface area contributed by atoms with E-state index in [4.69, 9.17) is 25.8 Å². The van der Waals surface area contributed by atoms with Gasteiger partial charge in [0, 0.05) is 19.1 Å². The molecule has 0 aliphatic carbocycles. The molecule has 100 valence electrons. The van der Waals surface area contributed by atoms with E-state index in [2.05, 4.69) is 0 Å². The highest BCUT2D eigenvalue weighted by Gasteiger charge is 2.13. The summed E-state index contributed by atoms with van der Waals surface area (Å²) in [6, 6.07) is 7.23. The molecule has 0 N–H and O–H groups in total. The van der Waals surface area contributed by atoms with Gasteiger partial charge in [0.05, 0.1) is 0 Å².